The quantitative estimate of drug-likeness (QED) is 0.916. The standard InChI is InChI=1S/C20H28N2O3/c1-15(23)19(24)21-11-13-22(14-12-21)20(25)18-9-7-17(8-10-18)16-5-3-2-4-6-16/h7-10,15-16,23H,2-6,11-14H2,1H3. The van der Waals surface area contributed by atoms with E-state index in [-0.39, 0.29) is 11.8 Å². The van der Waals surface area contributed by atoms with Crippen molar-refractivity contribution in [2.24, 2.45) is 0 Å². The van der Waals surface area contributed by atoms with Crippen molar-refractivity contribution >= 4 is 11.8 Å². The van der Waals surface area contributed by atoms with Crippen molar-refractivity contribution in [1.29, 1.82) is 0 Å². The summed E-state index contributed by atoms with van der Waals surface area (Å²) >= 11 is 0. The monoisotopic (exact) mass is 344 g/mol. The van der Waals surface area contributed by atoms with Crippen molar-refractivity contribution in [3.63, 3.8) is 0 Å². The molecule has 136 valence electrons. The number of amides is 2. The number of hydrogen-bond donors (Lipinski definition) is 1. The van der Waals surface area contributed by atoms with E-state index in [9.17, 15) is 14.7 Å². The van der Waals surface area contributed by atoms with E-state index in [4.69, 9.17) is 0 Å². The fourth-order valence-corrected chi connectivity index (χ4v) is 3.91. The minimum absolute atomic E-state index is 0.0272. The third-order valence-corrected chi connectivity index (χ3v) is 5.47. The molecule has 5 heteroatoms. The van der Waals surface area contributed by atoms with Crippen molar-refractivity contribution in [3.8, 4) is 0 Å². The zero-order chi connectivity index (χ0) is 17.8. The number of aliphatic hydroxyl groups excluding tert-OH is 1. The van der Waals surface area contributed by atoms with Crippen LogP contribution in [0.25, 0.3) is 0 Å². The van der Waals surface area contributed by atoms with Crippen LogP contribution in [-0.2, 0) is 4.79 Å². The molecule has 3 rings (SSSR count). The average molecular weight is 344 g/mol. The zero-order valence-corrected chi connectivity index (χ0v) is 15.0. The summed E-state index contributed by atoms with van der Waals surface area (Å²) in [6.07, 6.45) is 5.49. The second-order valence-electron chi connectivity index (χ2n) is 7.25. The summed E-state index contributed by atoms with van der Waals surface area (Å²) < 4.78 is 0. The molecule has 1 saturated carbocycles. The molecule has 1 N–H and O–H groups in total. The first-order valence-corrected chi connectivity index (χ1v) is 9.42. The van der Waals surface area contributed by atoms with Crippen LogP contribution in [0.1, 0.15) is 60.9 Å². The van der Waals surface area contributed by atoms with Crippen LogP contribution in [0.2, 0.25) is 0 Å². The fourth-order valence-electron chi connectivity index (χ4n) is 3.91. The number of benzene rings is 1. The van der Waals surface area contributed by atoms with Gasteiger partial charge in [0.05, 0.1) is 0 Å². The maximum absolute atomic E-state index is 12.7. The fraction of sp³-hybridized carbons (Fsp3) is 0.600. The number of carbonyl (C=O) groups excluding carboxylic acids is 2. The van der Waals surface area contributed by atoms with E-state index >= 15 is 0 Å². The largest absolute Gasteiger partial charge is 0.384 e. The Morgan fingerprint density at radius 3 is 2.08 bits per heavy atom. The molecule has 1 aliphatic carbocycles. The smallest absolute Gasteiger partial charge is 0.253 e. The molecule has 1 atom stereocenters. The molecule has 1 aromatic rings. The number of rotatable bonds is 3. The van der Waals surface area contributed by atoms with Crippen molar-refractivity contribution in [2.75, 3.05) is 26.2 Å². The van der Waals surface area contributed by atoms with E-state index in [0.29, 0.717) is 32.1 Å². The van der Waals surface area contributed by atoms with Crippen LogP contribution in [0.5, 0.6) is 0 Å². The Hall–Kier alpha value is -1.88. The van der Waals surface area contributed by atoms with Crippen LogP contribution < -0.4 is 0 Å². The number of carbonyl (C=O) groups is 2. The van der Waals surface area contributed by atoms with Crippen molar-refractivity contribution in [2.45, 2.75) is 51.0 Å². The Kier molecular flexibility index (Phi) is 5.74. The van der Waals surface area contributed by atoms with Gasteiger partial charge in [-0.25, -0.2) is 0 Å². The normalized spacial score (nSPS) is 20.4. The van der Waals surface area contributed by atoms with Crippen molar-refractivity contribution in [1.82, 2.24) is 9.80 Å². The highest BCUT2D eigenvalue weighted by Gasteiger charge is 2.26. The van der Waals surface area contributed by atoms with Gasteiger partial charge in [0.1, 0.15) is 6.10 Å². The Morgan fingerprint density at radius 2 is 1.52 bits per heavy atom. The van der Waals surface area contributed by atoms with Crippen LogP contribution in [-0.4, -0.2) is 59.0 Å². The van der Waals surface area contributed by atoms with Crippen LogP contribution in [0.15, 0.2) is 24.3 Å². The van der Waals surface area contributed by atoms with E-state index in [1.807, 2.05) is 12.1 Å². The maximum Gasteiger partial charge on any atom is 0.253 e. The highest BCUT2D eigenvalue weighted by Crippen LogP contribution is 2.32. The van der Waals surface area contributed by atoms with Gasteiger partial charge in [-0.05, 0) is 43.4 Å². The van der Waals surface area contributed by atoms with Gasteiger partial charge in [0.2, 0.25) is 0 Å². The third kappa shape index (κ3) is 4.21. The molecule has 0 radical (unpaired) electrons. The molecule has 1 aromatic carbocycles. The minimum Gasteiger partial charge on any atom is -0.384 e. The Morgan fingerprint density at radius 1 is 0.960 bits per heavy atom. The molecular weight excluding hydrogens is 316 g/mol. The van der Waals surface area contributed by atoms with Gasteiger partial charge in [-0.2, -0.15) is 0 Å². The van der Waals surface area contributed by atoms with Crippen LogP contribution in [0, 0.1) is 0 Å². The molecule has 0 aromatic heterocycles. The van der Waals surface area contributed by atoms with Gasteiger partial charge in [0, 0.05) is 31.7 Å². The van der Waals surface area contributed by atoms with Crippen LogP contribution in [0.3, 0.4) is 0 Å². The molecule has 5 nitrogen and oxygen atoms in total. The van der Waals surface area contributed by atoms with Gasteiger partial charge in [0.15, 0.2) is 0 Å². The van der Waals surface area contributed by atoms with Gasteiger partial charge in [-0.3, -0.25) is 9.59 Å². The summed E-state index contributed by atoms with van der Waals surface area (Å²) in [6, 6.07) is 8.10. The molecule has 0 bridgehead atoms. The van der Waals surface area contributed by atoms with Gasteiger partial charge in [0.25, 0.3) is 11.8 Å². The second-order valence-corrected chi connectivity index (χ2v) is 7.25. The Bertz CT molecular complexity index is 598. The molecule has 2 aliphatic rings. The molecule has 2 fully saturated rings. The molecule has 2 amide bonds. The zero-order valence-electron chi connectivity index (χ0n) is 15.0. The van der Waals surface area contributed by atoms with Gasteiger partial charge in [-0.1, -0.05) is 31.4 Å². The van der Waals surface area contributed by atoms with Crippen molar-refractivity contribution < 1.29 is 14.7 Å². The van der Waals surface area contributed by atoms with E-state index < -0.39 is 6.10 Å². The summed E-state index contributed by atoms with van der Waals surface area (Å²) in [5.41, 5.74) is 2.07. The summed E-state index contributed by atoms with van der Waals surface area (Å²) in [7, 11) is 0. The predicted octanol–water partition coefficient (Wildman–Crippen LogP) is 2.40. The van der Waals surface area contributed by atoms with Crippen LogP contribution in [0.4, 0.5) is 0 Å². The molecule has 1 unspecified atom stereocenters. The van der Waals surface area contributed by atoms with E-state index in [0.717, 1.165) is 5.56 Å². The van der Waals surface area contributed by atoms with E-state index in [2.05, 4.69) is 12.1 Å². The SMILES string of the molecule is CC(O)C(=O)N1CCN(C(=O)c2ccc(C3CCCCC3)cc2)CC1. The molecule has 25 heavy (non-hydrogen) atoms. The third-order valence-electron chi connectivity index (χ3n) is 5.47. The van der Waals surface area contributed by atoms with Gasteiger partial charge < -0.3 is 14.9 Å². The Labute approximate surface area is 149 Å². The van der Waals surface area contributed by atoms with E-state index in [1.54, 1.807) is 9.80 Å². The predicted molar refractivity (Wildman–Crippen MR) is 96.4 cm³/mol. The van der Waals surface area contributed by atoms with Gasteiger partial charge in [-0.15, -0.1) is 0 Å². The summed E-state index contributed by atoms with van der Waals surface area (Å²) in [4.78, 5) is 27.9. The average Bonchev–Trinajstić information content (AvgIpc) is 2.67. The number of aliphatic hydroxyl groups is 1. The molecule has 1 aliphatic heterocycles. The topological polar surface area (TPSA) is 60.9 Å². The first-order valence-electron chi connectivity index (χ1n) is 9.42. The molecule has 0 spiro atoms. The number of piperazine rings is 1. The lowest BCUT2D eigenvalue weighted by Gasteiger charge is -2.35. The van der Waals surface area contributed by atoms with Crippen molar-refractivity contribution in [3.05, 3.63) is 35.4 Å². The lowest BCUT2D eigenvalue weighted by atomic mass is 9.84. The van der Waals surface area contributed by atoms with Crippen LogP contribution >= 0.6 is 0 Å². The lowest BCUT2D eigenvalue weighted by molar-refractivity contribution is -0.140. The maximum atomic E-state index is 12.7. The molecule has 1 heterocycles. The Balaban J connectivity index is 1.57. The lowest BCUT2D eigenvalue weighted by Crippen LogP contribution is -2.52. The highest BCUT2D eigenvalue weighted by molar-refractivity contribution is 5.94. The summed E-state index contributed by atoms with van der Waals surface area (Å²) in [6.45, 7) is 3.47. The first kappa shape index (κ1) is 17.9. The molecule has 1 saturated heterocycles. The summed E-state index contributed by atoms with van der Waals surface area (Å²) in [5, 5.41) is 9.39. The molecular formula is C20H28N2O3. The number of nitrogens with zero attached hydrogens (tertiary/aromatic N) is 2. The van der Waals surface area contributed by atoms with Gasteiger partial charge >= 0.3 is 0 Å². The summed E-state index contributed by atoms with van der Waals surface area (Å²) in [5.74, 6) is 0.413. The van der Waals surface area contributed by atoms with E-state index in [1.165, 1.54) is 44.6 Å². The minimum atomic E-state index is -0.977. The first-order chi connectivity index (χ1) is 12.1. The highest BCUT2D eigenvalue weighted by atomic mass is 16.3. The second kappa shape index (κ2) is 8.00. The number of hydrogen-bond acceptors (Lipinski definition) is 3.